The topological polar surface area (TPSA) is 83.4 Å². The number of carbonyl (C=O) groups excluding carboxylic acids is 2. The van der Waals surface area contributed by atoms with E-state index >= 15 is 0 Å². The maximum absolute atomic E-state index is 13.0. The van der Waals surface area contributed by atoms with Crippen molar-refractivity contribution >= 4 is 28.4 Å². The highest BCUT2D eigenvalue weighted by atomic mass is 19.4. The van der Waals surface area contributed by atoms with Crippen LogP contribution in [0.5, 0.6) is 0 Å². The first-order valence-corrected chi connectivity index (χ1v) is 8.66. The largest absolute Gasteiger partial charge is 0.418 e. The van der Waals surface area contributed by atoms with Crippen molar-refractivity contribution in [1.29, 1.82) is 0 Å². The number of amides is 2. The molecule has 0 saturated heterocycles. The third-order valence-corrected chi connectivity index (χ3v) is 4.43. The summed E-state index contributed by atoms with van der Waals surface area (Å²) in [5.74, 6) is -2.41. The highest BCUT2D eigenvalue weighted by Gasteiger charge is 2.34. The van der Waals surface area contributed by atoms with E-state index in [9.17, 15) is 27.9 Å². The van der Waals surface area contributed by atoms with Gasteiger partial charge in [-0.25, -0.2) is 0 Å². The third-order valence-electron chi connectivity index (χ3n) is 4.43. The van der Waals surface area contributed by atoms with Gasteiger partial charge in [-0.15, -0.1) is 0 Å². The maximum Gasteiger partial charge on any atom is 0.418 e. The molecule has 2 aromatic carbocycles. The second-order valence-electron chi connectivity index (χ2n) is 6.44. The van der Waals surface area contributed by atoms with Gasteiger partial charge in [0, 0.05) is 36.3 Å². The summed E-state index contributed by atoms with van der Waals surface area (Å²) in [7, 11) is 1.81. The number of benzene rings is 2. The number of nitrogens with zero attached hydrogens (tertiary/aromatic N) is 1. The number of fused-ring (bicyclic) bond motifs is 1. The van der Waals surface area contributed by atoms with Crippen LogP contribution in [0.3, 0.4) is 0 Å². The SMILES string of the molecule is Cn1cc(C(O)CNC(=O)C(=O)Nc2ccccc2C(F)(F)F)c2ccccc21. The molecular formula is C20H18F3N3O3. The van der Waals surface area contributed by atoms with Crippen LogP contribution in [0.25, 0.3) is 10.9 Å². The monoisotopic (exact) mass is 405 g/mol. The number of halogens is 3. The summed E-state index contributed by atoms with van der Waals surface area (Å²) in [6.45, 7) is -0.277. The van der Waals surface area contributed by atoms with Gasteiger partial charge in [-0.05, 0) is 18.2 Å². The number of aliphatic hydroxyl groups excluding tert-OH is 1. The van der Waals surface area contributed by atoms with Crippen LogP contribution in [-0.2, 0) is 22.8 Å². The lowest BCUT2D eigenvalue weighted by molar-refractivity contribution is -0.138. The highest BCUT2D eigenvalue weighted by Crippen LogP contribution is 2.34. The van der Waals surface area contributed by atoms with Gasteiger partial charge in [-0.1, -0.05) is 30.3 Å². The van der Waals surface area contributed by atoms with Gasteiger partial charge >= 0.3 is 18.0 Å². The number of rotatable bonds is 4. The third kappa shape index (κ3) is 4.40. The normalized spacial score (nSPS) is 12.6. The second kappa shape index (κ2) is 7.96. The summed E-state index contributed by atoms with van der Waals surface area (Å²) in [4.78, 5) is 24.0. The molecule has 6 nitrogen and oxygen atoms in total. The Morgan fingerprint density at radius 2 is 1.72 bits per heavy atom. The molecular weight excluding hydrogens is 387 g/mol. The minimum atomic E-state index is -4.68. The Kier molecular flexibility index (Phi) is 5.60. The Bertz CT molecular complexity index is 1060. The van der Waals surface area contributed by atoms with Crippen LogP contribution < -0.4 is 10.6 Å². The van der Waals surface area contributed by atoms with Crippen molar-refractivity contribution in [1.82, 2.24) is 9.88 Å². The van der Waals surface area contributed by atoms with Crippen molar-refractivity contribution in [3.63, 3.8) is 0 Å². The van der Waals surface area contributed by atoms with Gasteiger partial charge in [0.1, 0.15) is 0 Å². The highest BCUT2D eigenvalue weighted by molar-refractivity contribution is 6.39. The van der Waals surface area contributed by atoms with E-state index in [2.05, 4.69) is 5.32 Å². The maximum atomic E-state index is 13.0. The molecule has 1 atom stereocenters. The number of alkyl halides is 3. The summed E-state index contributed by atoms with van der Waals surface area (Å²) >= 11 is 0. The molecule has 0 saturated carbocycles. The number of aryl methyl sites for hydroxylation is 1. The molecule has 1 aromatic heterocycles. The van der Waals surface area contributed by atoms with Crippen molar-refractivity contribution in [2.24, 2.45) is 7.05 Å². The van der Waals surface area contributed by atoms with Gasteiger partial charge in [0.05, 0.1) is 17.4 Å². The molecule has 0 aliphatic rings. The van der Waals surface area contributed by atoms with Crippen molar-refractivity contribution in [2.45, 2.75) is 12.3 Å². The quantitative estimate of drug-likeness (QED) is 0.584. The zero-order valence-electron chi connectivity index (χ0n) is 15.3. The van der Waals surface area contributed by atoms with E-state index in [1.807, 2.05) is 41.2 Å². The van der Waals surface area contributed by atoms with Crippen LogP contribution in [-0.4, -0.2) is 28.0 Å². The zero-order valence-corrected chi connectivity index (χ0v) is 15.3. The Morgan fingerprint density at radius 1 is 1.07 bits per heavy atom. The van der Waals surface area contributed by atoms with Gasteiger partial charge in [0.25, 0.3) is 0 Å². The Hall–Kier alpha value is -3.33. The summed E-state index contributed by atoms with van der Waals surface area (Å²) < 4.78 is 40.8. The zero-order chi connectivity index (χ0) is 21.2. The van der Waals surface area contributed by atoms with Crippen molar-refractivity contribution in [2.75, 3.05) is 11.9 Å². The average Bonchev–Trinajstić information content (AvgIpc) is 3.02. The Balaban J connectivity index is 1.66. The number of hydrogen-bond donors (Lipinski definition) is 3. The summed E-state index contributed by atoms with van der Waals surface area (Å²) in [5.41, 5.74) is -0.132. The number of nitrogens with one attached hydrogen (secondary N) is 2. The van der Waals surface area contributed by atoms with Crippen molar-refractivity contribution < 1.29 is 27.9 Å². The first kappa shape index (κ1) is 20.4. The lowest BCUT2D eigenvalue weighted by Crippen LogP contribution is -2.38. The summed E-state index contributed by atoms with van der Waals surface area (Å²) in [6, 6.07) is 11.7. The predicted octanol–water partition coefficient (Wildman–Crippen LogP) is 2.99. The van der Waals surface area contributed by atoms with Gasteiger partial charge in [-0.2, -0.15) is 13.2 Å². The molecule has 9 heteroatoms. The minimum Gasteiger partial charge on any atom is -0.386 e. The van der Waals surface area contributed by atoms with Crippen molar-refractivity contribution in [3.05, 3.63) is 65.9 Å². The van der Waals surface area contributed by atoms with E-state index in [1.54, 1.807) is 6.20 Å². The first-order chi connectivity index (χ1) is 13.7. The van der Waals surface area contributed by atoms with Gasteiger partial charge in [-0.3, -0.25) is 9.59 Å². The van der Waals surface area contributed by atoms with Crippen LogP contribution in [0.4, 0.5) is 18.9 Å². The molecule has 1 unspecified atom stereocenters. The van der Waals surface area contributed by atoms with Gasteiger partial charge in [0.15, 0.2) is 0 Å². The minimum absolute atomic E-state index is 0.277. The standard InChI is InChI=1S/C20H18F3N3O3/c1-26-11-13(12-6-2-5-9-16(12)26)17(27)10-24-18(28)19(29)25-15-8-4-3-7-14(15)20(21,22)23/h2-9,11,17,27H,10H2,1H3,(H,24,28)(H,25,29). The van der Waals surface area contributed by atoms with Gasteiger partial charge < -0.3 is 20.3 Å². The van der Waals surface area contributed by atoms with Crippen LogP contribution in [0, 0.1) is 0 Å². The molecule has 29 heavy (non-hydrogen) atoms. The lowest BCUT2D eigenvalue weighted by Gasteiger charge is -2.14. The molecule has 3 aromatic rings. The van der Waals surface area contributed by atoms with E-state index in [0.29, 0.717) is 5.56 Å². The number of aliphatic hydroxyl groups is 1. The molecule has 3 N–H and O–H groups in total. The Labute approximate surface area is 163 Å². The average molecular weight is 405 g/mol. The molecule has 0 fully saturated rings. The van der Waals surface area contributed by atoms with Crippen LogP contribution in [0.1, 0.15) is 17.2 Å². The van der Waals surface area contributed by atoms with Crippen LogP contribution in [0.2, 0.25) is 0 Å². The molecule has 1 heterocycles. The fraction of sp³-hybridized carbons (Fsp3) is 0.200. The van der Waals surface area contributed by atoms with Crippen molar-refractivity contribution in [3.8, 4) is 0 Å². The molecule has 0 spiro atoms. The van der Waals surface area contributed by atoms with E-state index in [4.69, 9.17) is 0 Å². The molecule has 0 radical (unpaired) electrons. The van der Waals surface area contributed by atoms with E-state index in [0.717, 1.165) is 23.0 Å². The first-order valence-electron chi connectivity index (χ1n) is 8.66. The molecule has 3 rings (SSSR count). The Morgan fingerprint density at radius 3 is 2.45 bits per heavy atom. The van der Waals surface area contributed by atoms with Crippen LogP contribution in [0.15, 0.2) is 54.7 Å². The van der Waals surface area contributed by atoms with E-state index < -0.39 is 35.3 Å². The fourth-order valence-electron chi connectivity index (χ4n) is 3.04. The molecule has 0 aliphatic heterocycles. The number of aromatic nitrogens is 1. The molecule has 0 aliphatic carbocycles. The summed E-state index contributed by atoms with van der Waals surface area (Å²) in [6.07, 6.45) is -4.06. The number of para-hydroxylation sites is 2. The lowest BCUT2D eigenvalue weighted by atomic mass is 10.1. The number of anilines is 1. The van der Waals surface area contributed by atoms with E-state index in [-0.39, 0.29) is 6.54 Å². The molecule has 2 amide bonds. The van der Waals surface area contributed by atoms with Crippen LogP contribution >= 0.6 is 0 Å². The fourth-order valence-corrected chi connectivity index (χ4v) is 3.04. The molecule has 152 valence electrons. The smallest absolute Gasteiger partial charge is 0.386 e. The number of hydrogen-bond acceptors (Lipinski definition) is 3. The number of carbonyl (C=O) groups is 2. The second-order valence-corrected chi connectivity index (χ2v) is 6.44. The predicted molar refractivity (Wildman–Crippen MR) is 101 cm³/mol. The van der Waals surface area contributed by atoms with Gasteiger partial charge in [0.2, 0.25) is 0 Å². The van der Waals surface area contributed by atoms with E-state index in [1.165, 1.54) is 12.1 Å². The molecule has 0 bridgehead atoms. The summed E-state index contributed by atoms with van der Waals surface area (Å²) in [5, 5.41) is 15.4.